The van der Waals surface area contributed by atoms with Crippen LogP contribution in [0.15, 0.2) is 12.2 Å². The number of nitrogens with zero attached hydrogens (tertiary/aromatic N) is 1. The molecular formula is C25H45NO5. The van der Waals surface area contributed by atoms with Crippen molar-refractivity contribution in [1.82, 2.24) is 4.90 Å². The zero-order valence-corrected chi connectivity index (χ0v) is 19.8. The molecule has 6 heteroatoms. The fourth-order valence-corrected chi connectivity index (χ4v) is 3.57. The zero-order chi connectivity index (χ0) is 22.4. The van der Waals surface area contributed by atoms with Gasteiger partial charge in [-0.15, -0.1) is 0 Å². The number of ether oxygens (including phenoxy) is 3. The standard InChI is InChI=1S/C25H45NO5/c1-2-3-4-5-6-7-8-9-10-11-12-13-14-18-29-20-22-31-23-21-30-19-17-26-24(27)15-16-25(26)28/h15-16H,2-14,17-23H2,1H3. The number of carbonyl (C=O) groups excluding carboxylic acids is 2. The van der Waals surface area contributed by atoms with Crippen LogP contribution in [-0.2, 0) is 23.8 Å². The maximum Gasteiger partial charge on any atom is 0.253 e. The molecule has 1 aliphatic rings. The van der Waals surface area contributed by atoms with Crippen LogP contribution >= 0.6 is 0 Å². The smallest absolute Gasteiger partial charge is 0.253 e. The summed E-state index contributed by atoms with van der Waals surface area (Å²) in [4.78, 5) is 23.9. The molecule has 0 atom stereocenters. The first kappa shape index (κ1) is 27.8. The predicted octanol–water partition coefficient (Wildman–Crippen LogP) is 5.05. The largest absolute Gasteiger partial charge is 0.379 e. The van der Waals surface area contributed by atoms with Crippen molar-refractivity contribution in [3.8, 4) is 0 Å². The first-order valence-corrected chi connectivity index (χ1v) is 12.5. The number of amides is 2. The van der Waals surface area contributed by atoms with Crippen molar-refractivity contribution in [3.05, 3.63) is 12.2 Å². The summed E-state index contributed by atoms with van der Waals surface area (Å²) >= 11 is 0. The van der Waals surface area contributed by atoms with E-state index in [9.17, 15) is 9.59 Å². The number of imide groups is 1. The van der Waals surface area contributed by atoms with Gasteiger partial charge in [0.05, 0.1) is 39.6 Å². The van der Waals surface area contributed by atoms with Crippen LogP contribution in [0.25, 0.3) is 0 Å². The van der Waals surface area contributed by atoms with Crippen molar-refractivity contribution < 1.29 is 23.8 Å². The SMILES string of the molecule is CCCCCCCCCCCCCCCOCCOCCOCCN1C(=O)C=CC1=O. The summed E-state index contributed by atoms with van der Waals surface area (Å²) < 4.78 is 16.4. The summed E-state index contributed by atoms with van der Waals surface area (Å²) in [6.45, 7) is 5.81. The number of carbonyl (C=O) groups is 2. The molecule has 0 spiro atoms. The van der Waals surface area contributed by atoms with E-state index >= 15 is 0 Å². The Morgan fingerprint density at radius 3 is 1.42 bits per heavy atom. The molecule has 31 heavy (non-hydrogen) atoms. The van der Waals surface area contributed by atoms with E-state index in [1.54, 1.807) is 0 Å². The fraction of sp³-hybridized carbons (Fsp3) is 0.840. The van der Waals surface area contributed by atoms with Gasteiger partial charge in [0.2, 0.25) is 0 Å². The quantitative estimate of drug-likeness (QED) is 0.165. The number of rotatable bonds is 23. The van der Waals surface area contributed by atoms with Gasteiger partial charge in [0.15, 0.2) is 0 Å². The molecule has 0 aromatic heterocycles. The number of unbranched alkanes of at least 4 members (excludes halogenated alkanes) is 12. The van der Waals surface area contributed by atoms with E-state index in [4.69, 9.17) is 14.2 Å². The lowest BCUT2D eigenvalue weighted by atomic mass is 10.0. The van der Waals surface area contributed by atoms with E-state index in [0.717, 1.165) is 13.0 Å². The predicted molar refractivity (Wildman–Crippen MR) is 124 cm³/mol. The Morgan fingerprint density at radius 1 is 0.548 bits per heavy atom. The molecule has 6 nitrogen and oxygen atoms in total. The Hall–Kier alpha value is -1.24. The molecule has 180 valence electrons. The topological polar surface area (TPSA) is 65.1 Å². The highest BCUT2D eigenvalue weighted by atomic mass is 16.5. The lowest BCUT2D eigenvalue weighted by Crippen LogP contribution is -2.33. The van der Waals surface area contributed by atoms with Crippen LogP contribution < -0.4 is 0 Å². The Labute approximate surface area is 189 Å². The van der Waals surface area contributed by atoms with Gasteiger partial charge in [-0.05, 0) is 6.42 Å². The third-order valence-corrected chi connectivity index (χ3v) is 5.50. The second-order valence-corrected chi connectivity index (χ2v) is 8.24. The minimum Gasteiger partial charge on any atom is -0.379 e. The van der Waals surface area contributed by atoms with Crippen LogP contribution in [0, 0.1) is 0 Å². The van der Waals surface area contributed by atoms with E-state index in [-0.39, 0.29) is 18.4 Å². The van der Waals surface area contributed by atoms with Crippen molar-refractivity contribution in [1.29, 1.82) is 0 Å². The van der Waals surface area contributed by atoms with Crippen LogP contribution in [-0.4, -0.2) is 62.9 Å². The van der Waals surface area contributed by atoms with Crippen LogP contribution in [0.4, 0.5) is 0 Å². The summed E-state index contributed by atoms with van der Waals surface area (Å²) in [6.07, 6.45) is 20.2. The summed E-state index contributed by atoms with van der Waals surface area (Å²) in [5.41, 5.74) is 0. The summed E-state index contributed by atoms with van der Waals surface area (Å²) in [6, 6.07) is 0. The lowest BCUT2D eigenvalue weighted by molar-refractivity contribution is -0.137. The Morgan fingerprint density at radius 2 is 0.935 bits per heavy atom. The van der Waals surface area contributed by atoms with Crippen molar-refractivity contribution in [2.24, 2.45) is 0 Å². The van der Waals surface area contributed by atoms with Crippen molar-refractivity contribution in [2.45, 2.75) is 90.4 Å². The molecule has 0 saturated heterocycles. The molecule has 0 saturated carbocycles. The average Bonchev–Trinajstić information content (AvgIpc) is 3.09. The molecule has 1 rings (SSSR count). The van der Waals surface area contributed by atoms with Crippen molar-refractivity contribution in [2.75, 3.05) is 46.2 Å². The summed E-state index contributed by atoms with van der Waals surface area (Å²) in [5, 5.41) is 0. The lowest BCUT2D eigenvalue weighted by Gasteiger charge is -2.13. The summed E-state index contributed by atoms with van der Waals surface area (Å²) in [5.74, 6) is -0.545. The van der Waals surface area contributed by atoms with Crippen LogP contribution in [0.1, 0.15) is 90.4 Å². The second kappa shape index (κ2) is 20.7. The van der Waals surface area contributed by atoms with E-state index < -0.39 is 0 Å². The first-order chi connectivity index (χ1) is 15.3. The van der Waals surface area contributed by atoms with E-state index in [0.29, 0.717) is 33.0 Å². The maximum absolute atomic E-state index is 11.4. The molecular weight excluding hydrogens is 394 g/mol. The maximum atomic E-state index is 11.4. The molecule has 0 N–H and O–H groups in total. The molecule has 0 aromatic rings. The van der Waals surface area contributed by atoms with Crippen LogP contribution in [0.3, 0.4) is 0 Å². The fourth-order valence-electron chi connectivity index (χ4n) is 3.57. The van der Waals surface area contributed by atoms with Crippen molar-refractivity contribution in [3.63, 3.8) is 0 Å². The third-order valence-electron chi connectivity index (χ3n) is 5.50. The highest BCUT2D eigenvalue weighted by Gasteiger charge is 2.22. The minimum atomic E-state index is -0.273. The van der Waals surface area contributed by atoms with E-state index in [1.807, 2.05) is 0 Å². The molecule has 2 amide bonds. The van der Waals surface area contributed by atoms with Gasteiger partial charge in [-0.2, -0.15) is 0 Å². The average molecular weight is 440 g/mol. The third kappa shape index (κ3) is 16.1. The van der Waals surface area contributed by atoms with Gasteiger partial charge in [0.25, 0.3) is 11.8 Å². The highest BCUT2D eigenvalue weighted by molar-refractivity contribution is 6.12. The van der Waals surface area contributed by atoms with Gasteiger partial charge in [-0.3, -0.25) is 14.5 Å². The number of hydrogen-bond donors (Lipinski definition) is 0. The molecule has 0 bridgehead atoms. The molecule has 1 aliphatic heterocycles. The molecule has 1 heterocycles. The van der Waals surface area contributed by atoms with Gasteiger partial charge in [-0.25, -0.2) is 0 Å². The highest BCUT2D eigenvalue weighted by Crippen LogP contribution is 2.12. The zero-order valence-electron chi connectivity index (χ0n) is 19.8. The Kier molecular flexibility index (Phi) is 18.5. The molecule has 0 unspecified atom stereocenters. The van der Waals surface area contributed by atoms with Gasteiger partial charge >= 0.3 is 0 Å². The second-order valence-electron chi connectivity index (χ2n) is 8.24. The molecule has 0 radical (unpaired) electrons. The van der Waals surface area contributed by atoms with Gasteiger partial charge < -0.3 is 14.2 Å². The van der Waals surface area contributed by atoms with E-state index in [2.05, 4.69) is 6.92 Å². The normalized spacial score (nSPS) is 13.6. The monoisotopic (exact) mass is 439 g/mol. The first-order valence-electron chi connectivity index (χ1n) is 12.5. The van der Waals surface area contributed by atoms with Crippen LogP contribution in [0.5, 0.6) is 0 Å². The van der Waals surface area contributed by atoms with E-state index in [1.165, 1.54) is 94.1 Å². The Balaban J connectivity index is 1.68. The van der Waals surface area contributed by atoms with Crippen LogP contribution in [0.2, 0.25) is 0 Å². The molecule has 0 aliphatic carbocycles. The minimum absolute atomic E-state index is 0.273. The van der Waals surface area contributed by atoms with Gasteiger partial charge in [0.1, 0.15) is 0 Å². The summed E-state index contributed by atoms with van der Waals surface area (Å²) in [7, 11) is 0. The van der Waals surface area contributed by atoms with Crippen molar-refractivity contribution >= 4 is 11.8 Å². The van der Waals surface area contributed by atoms with Gasteiger partial charge in [0, 0.05) is 18.8 Å². The molecule has 0 aromatic carbocycles. The Bertz CT molecular complexity index is 463. The molecule has 0 fully saturated rings. The van der Waals surface area contributed by atoms with Gasteiger partial charge in [-0.1, -0.05) is 84.0 Å². The number of hydrogen-bond acceptors (Lipinski definition) is 5.